The molecule has 0 unspecified atom stereocenters. The van der Waals surface area contributed by atoms with Crippen molar-refractivity contribution in [1.29, 1.82) is 0 Å². The number of hydrogen-bond donors (Lipinski definition) is 1. The maximum Gasteiger partial charge on any atom is 0.298 e. The van der Waals surface area contributed by atoms with Crippen LogP contribution in [0.25, 0.3) is 10.9 Å². The molecule has 0 fully saturated rings. The number of aryl methyl sites for hydroxylation is 1. The summed E-state index contributed by atoms with van der Waals surface area (Å²) in [5, 5.41) is 1.08. The third-order valence-electron chi connectivity index (χ3n) is 2.13. The first-order valence-corrected chi connectivity index (χ1v) is 4.00. The first kappa shape index (κ1) is 7.86. The predicted octanol–water partition coefficient (Wildman–Crippen LogP) is 2.01. The zero-order chi connectivity index (χ0) is 9.26. The molecule has 3 heteroatoms. The summed E-state index contributed by atoms with van der Waals surface area (Å²) in [5.74, 6) is 0.613. The Morgan fingerprint density at radius 2 is 2.23 bits per heavy atom. The van der Waals surface area contributed by atoms with Crippen LogP contribution in [0, 0.1) is 6.92 Å². The van der Waals surface area contributed by atoms with Crippen LogP contribution in [-0.2, 0) is 4.79 Å². The number of carbonyl (C=O) groups excluding carboxylic acids is 1. The van der Waals surface area contributed by atoms with E-state index >= 15 is 0 Å². The molecular weight excluding hydrogens is 166 g/mol. The molecule has 3 nitrogen and oxygen atoms in total. The van der Waals surface area contributed by atoms with Gasteiger partial charge in [0.15, 0.2) is 0 Å². The Bertz CT molecular complexity index is 445. The van der Waals surface area contributed by atoms with Gasteiger partial charge in [-0.2, -0.15) is 0 Å². The lowest BCUT2D eigenvalue weighted by Crippen LogP contribution is -1.91. The molecule has 0 radical (unpaired) electrons. The van der Waals surface area contributed by atoms with Crippen molar-refractivity contribution in [2.24, 2.45) is 0 Å². The summed E-state index contributed by atoms with van der Waals surface area (Å²) in [6.45, 7) is 2.37. The zero-order valence-corrected chi connectivity index (χ0v) is 7.20. The van der Waals surface area contributed by atoms with Crippen molar-refractivity contribution in [3.8, 4) is 5.75 Å². The van der Waals surface area contributed by atoms with Gasteiger partial charge in [0.05, 0.1) is 0 Å². The van der Waals surface area contributed by atoms with Crippen LogP contribution in [0.3, 0.4) is 0 Å². The number of rotatable bonds is 2. The second-order valence-corrected chi connectivity index (χ2v) is 2.84. The number of nitrogens with one attached hydrogen (secondary N) is 1. The van der Waals surface area contributed by atoms with Crippen molar-refractivity contribution in [3.63, 3.8) is 0 Å². The minimum Gasteiger partial charge on any atom is -0.428 e. The summed E-state index contributed by atoms with van der Waals surface area (Å²) < 4.78 is 4.82. The molecule has 0 saturated heterocycles. The highest BCUT2D eigenvalue weighted by molar-refractivity contribution is 5.85. The molecule has 13 heavy (non-hydrogen) atoms. The number of fused-ring (bicyclic) bond motifs is 1. The van der Waals surface area contributed by atoms with Crippen molar-refractivity contribution in [2.75, 3.05) is 0 Å². The van der Waals surface area contributed by atoms with Crippen LogP contribution in [0.2, 0.25) is 0 Å². The molecule has 0 aliphatic rings. The third kappa shape index (κ3) is 1.18. The van der Waals surface area contributed by atoms with Crippen LogP contribution in [-0.4, -0.2) is 11.5 Å². The highest BCUT2D eigenvalue weighted by Crippen LogP contribution is 2.25. The zero-order valence-electron chi connectivity index (χ0n) is 7.20. The summed E-state index contributed by atoms with van der Waals surface area (Å²) in [5.41, 5.74) is 2.03. The lowest BCUT2D eigenvalue weighted by molar-refractivity contribution is -0.120. The number of aromatic amines is 1. The minimum absolute atomic E-state index is 0.445. The number of benzene rings is 1. The lowest BCUT2D eigenvalue weighted by Gasteiger charge is -2.02. The lowest BCUT2D eigenvalue weighted by atomic mass is 10.1. The number of hydrogen-bond acceptors (Lipinski definition) is 2. The summed E-state index contributed by atoms with van der Waals surface area (Å²) >= 11 is 0. The molecule has 1 heterocycles. The summed E-state index contributed by atoms with van der Waals surface area (Å²) in [7, 11) is 0. The SMILES string of the molecule is Cc1c(OC=O)ccc2[nH]ccc12. The molecule has 0 spiro atoms. The van der Waals surface area contributed by atoms with E-state index in [1.54, 1.807) is 6.07 Å². The molecule has 0 aliphatic carbocycles. The van der Waals surface area contributed by atoms with Gasteiger partial charge in [-0.05, 0) is 25.1 Å². The van der Waals surface area contributed by atoms with Gasteiger partial charge in [0, 0.05) is 22.7 Å². The fourth-order valence-corrected chi connectivity index (χ4v) is 1.44. The molecule has 0 amide bonds. The van der Waals surface area contributed by atoms with Gasteiger partial charge >= 0.3 is 0 Å². The van der Waals surface area contributed by atoms with Gasteiger partial charge in [-0.15, -0.1) is 0 Å². The van der Waals surface area contributed by atoms with E-state index in [-0.39, 0.29) is 0 Å². The first-order chi connectivity index (χ1) is 6.33. The molecular formula is C10H9NO2. The average molecular weight is 175 g/mol. The minimum atomic E-state index is 0.445. The third-order valence-corrected chi connectivity index (χ3v) is 2.13. The smallest absolute Gasteiger partial charge is 0.298 e. The Morgan fingerprint density at radius 1 is 1.38 bits per heavy atom. The molecule has 66 valence electrons. The Labute approximate surface area is 75.3 Å². The molecule has 0 atom stereocenters. The second kappa shape index (κ2) is 2.94. The van der Waals surface area contributed by atoms with E-state index in [4.69, 9.17) is 4.74 Å². The van der Waals surface area contributed by atoms with E-state index in [1.165, 1.54) is 0 Å². The largest absolute Gasteiger partial charge is 0.428 e. The van der Waals surface area contributed by atoms with Crippen LogP contribution >= 0.6 is 0 Å². The van der Waals surface area contributed by atoms with Crippen LogP contribution in [0.5, 0.6) is 5.75 Å². The second-order valence-electron chi connectivity index (χ2n) is 2.84. The molecule has 1 aromatic carbocycles. The van der Waals surface area contributed by atoms with E-state index in [0.29, 0.717) is 12.2 Å². The van der Waals surface area contributed by atoms with E-state index in [0.717, 1.165) is 16.5 Å². The summed E-state index contributed by atoms with van der Waals surface area (Å²) in [6.07, 6.45) is 1.86. The average Bonchev–Trinajstić information content (AvgIpc) is 2.58. The van der Waals surface area contributed by atoms with E-state index in [1.807, 2.05) is 25.3 Å². The van der Waals surface area contributed by atoms with E-state index in [9.17, 15) is 4.79 Å². The Kier molecular flexibility index (Phi) is 1.77. The van der Waals surface area contributed by atoms with Gasteiger partial charge < -0.3 is 9.72 Å². The van der Waals surface area contributed by atoms with Gasteiger partial charge in [0.2, 0.25) is 0 Å². The normalized spacial score (nSPS) is 10.2. The van der Waals surface area contributed by atoms with Crippen LogP contribution in [0.15, 0.2) is 24.4 Å². The van der Waals surface area contributed by atoms with Crippen molar-refractivity contribution in [3.05, 3.63) is 30.0 Å². The first-order valence-electron chi connectivity index (χ1n) is 4.00. The van der Waals surface area contributed by atoms with Gasteiger partial charge in [-0.25, -0.2) is 0 Å². The number of ether oxygens (including phenoxy) is 1. The Balaban J connectivity index is 2.65. The number of H-pyrrole nitrogens is 1. The Morgan fingerprint density at radius 3 is 3.00 bits per heavy atom. The molecule has 0 aliphatic heterocycles. The van der Waals surface area contributed by atoms with Gasteiger partial charge in [-0.1, -0.05) is 0 Å². The quantitative estimate of drug-likeness (QED) is 0.709. The molecule has 1 N–H and O–H groups in total. The summed E-state index contributed by atoms with van der Waals surface area (Å²) in [6, 6.07) is 5.63. The summed E-state index contributed by atoms with van der Waals surface area (Å²) in [4.78, 5) is 13.3. The molecule has 0 bridgehead atoms. The predicted molar refractivity (Wildman–Crippen MR) is 49.7 cm³/mol. The Hall–Kier alpha value is -1.77. The molecule has 1 aromatic heterocycles. The van der Waals surface area contributed by atoms with Crippen molar-refractivity contribution < 1.29 is 9.53 Å². The van der Waals surface area contributed by atoms with Crippen LogP contribution in [0.1, 0.15) is 5.56 Å². The van der Waals surface area contributed by atoms with Crippen LogP contribution < -0.4 is 4.74 Å². The molecule has 0 saturated carbocycles. The van der Waals surface area contributed by atoms with Gasteiger partial charge in [-0.3, -0.25) is 4.79 Å². The standard InChI is InChI=1S/C10H9NO2/c1-7-8-4-5-11-9(8)2-3-10(7)13-6-12/h2-6,11H,1H3. The molecule has 2 aromatic rings. The highest BCUT2D eigenvalue weighted by Gasteiger charge is 2.04. The van der Waals surface area contributed by atoms with Gasteiger partial charge in [0.25, 0.3) is 6.47 Å². The maximum absolute atomic E-state index is 10.2. The molecule has 2 rings (SSSR count). The van der Waals surface area contributed by atoms with Crippen molar-refractivity contribution in [2.45, 2.75) is 6.92 Å². The monoisotopic (exact) mass is 175 g/mol. The van der Waals surface area contributed by atoms with Gasteiger partial charge in [0.1, 0.15) is 5.75 Å². The topological polar surface area (TPSA) is 42.1 Å². The fourth-order valence-electron chi connectivity index (χ4n) is 1.44. The van der Waals surface area contributed by atoms with E-state index in [2.05, 4.69) is 4.98 Å². The van der Waals surface area contributed by atoms with Crippen LogP contribution in [0.4, 0.5) is 0 Å². The number of carbonyl (C=O) groups is 1. The van der Waals surface area contributed by atoms with Crippen molar-refractivity contribution in [1.82, 2.24) is 4.98 Å². The fraction of sp³-hybridized carbons (Fsp3) is 0.100. The number of aromatic nitrogens is 1. The maximum atomic E-state index is 10.2. The van der Waals surface area contributed by atoms with Crippen molar-refractivity contribution >= 4 is 17.4 Å². The van der Waals surface area contributed by atoms with E-state index < -0.39 is 0 Å². The highest BCUT2D eigenvalue weighted by atomic mass is 16.5.